The Balaban J connectivity index is 1.59. The quantitative estimate of drug-likeness (QED) is 0.0912. The van der Waals surface area contributed by atoms with Crippen LogP contribution in [-0.4, -0.2) is 52.4 Å². The number of fused-ring (bicyclic) bond motifs is 1. The zero-order valence-corrected chi connectivity index (χ0v) is 27.3. The van der Waals surface area contributed by atoms with E-state index in [0.717, 1.165) is 32.7 Å². The Labute approximate surface area is 269 Å². The van der Waals surface area contributed by atoms with Gasteiger partial charge in [-0.1, -0.05) is 12.1 Å². The second-order valence-corrected chi connectivity index (χ2v) is 11.8. The smallest absolute Gasteiger partial charge is 0.289 e. The lowest BCUT2D eigenvalue weighted by atomic mass is 10.1. The van der Waals surface area contributed by atoms with Gasteiger partial charge in [0.2, 0.25) is 17.6 Å². The van der Waals surface area contributed by atoms with Crippen molar-refractivity contribution in [2.75, 3.05) is 40.8 Å². The summed E-state index contributed by atoms with van der Waals surface area (Å²) in [5, 5.41) is 1.93. The van der Waals surface area contributed by atoms with E-state index in [1.807, 2.05) is 38.1 Å². The molecule has 4 rings (SSSR count). The molecule has 0 radical (unpaired) electrons. The van der Waals surface area contributed by atoms with Crippen molar-refractivity contribution in [1.29, 1.82) is 0 Å². The minimum absolute atomic E-state index is 0.0430. The van der Waals surface area contributed by atoms with Crippen molar-refractivity contribution < 1.29 is 37.7 Å². The second kappa shape index (κ2) is 15.4. The molecule has 236 valence electrons. The summed E-state index contributed by atoms with van der Waals surface area (Å²) in [5.41, 5.74) is 2.35. The van der Waals surface area contributed by atoms with Gasteiger partial charge in [-0.3, -0.25) is 19.7 Å². The van der Waals surface area contributed by atoms with Gasteiger partial charge in [0.15, 0.2) is 17.3 Å². The summed E-state index contributed by atoms with van der Waals surface area (Å²) in [6.45, 7) is 3.96. The van der Waals surface area contributed by atoms with E-state index in [0.29, 0.717) is 40.7 Å². The maximum absolute atomic E-state index is 13.9. The molecule has 1 N–H and O–H groups in total. The van der Waals surface area contributed by atoms with Crippen LogP contribution < -0.4 is 34.4 Å². The molecule has 0 atom stereocenters. The first-order valence-corrected chi connectivity index (χ1v) is 15.5. The minimum atomic E-state index is -0.429. The molecule has 4 aromatic rings. The number of carbonyl (C=O) groups is 2. The number of allylic oxidation sites excluding steroid dienone is 2. The van der Waals surface area contributed by atoms with Crippen LogP contribution in [0.1, 0.15) is 19.4 Å². The molecular weight excluding hydrogens is 618 g/mol. The predicted octanol–water partition coefficient (Wildman–Crippen LogP) is 7.02. The van der Waals surface area contributed by atoms with Crippen LogP contribution in [0.15, 0.2) is 73.6 Å². The number of hydrogen-bond donors (Lipinski definition) is 1. The highest BCUT2D eigenvalue weighted by Gasteiger charge is 2.22. The van der Waals surface area contributed by atoms with Crippen molar-refractivity contribution in [1.82, 2.24) is 5.32 Å². The van der Waals surface area contributed by atoms with Gasteiger partial charge in [-0.2, -0.15) is 0 Å². The number of methoxy groups -OCH3 is 4. The zero-order chi connectivity index (χ0) is 32.5. The number of ether oxygens (including phenoxy) is 5. The summed E-state index contributed by atoms with van der Waals surface area (Å²) in [7, 11) is 6.07. The summed E-state index contributed by atoms with van der Waals surface area (Å²) >= 11 is 2.53. The van der Waals surface area contributed by atoms with Gasteiger partial charge in [-0.05, 0) is 72.0 Å². The van der Waals surface area contributed by atoms with E-state index in [-0.39, 0.29) is 34.5 Å². The number of hydrogen-bond acceptors (Lipinski definition) is 11. The lowest BCUT2D eigenvalue weighted by Gasteiger charge is -2.15. The minimum Gasteiger partial charge on any atom is -0.496 e. The molecule has 45 heavy (non-hydrogen) atoms. The van der Waals surface area contributed by atoms with E-state index >= 15 is 0 Å². The van der Waals surface area contributed by atoms with Crippen LogP contribution in [0.5, 0.6) is 28.7 Å². The second-order valence-electron chi connectivity index (χ2n) is 9.42. The number of rotatable bonds is 13. The fraction of sp³-hybridized carbons (Fsp3) is 0.242. The first-order valence-electron chi connectivity index (χ1n) is 13.6. The molecule has 0 aliphatic heterocycles. The van der Waals surface area contributed by atoms with E-state index < -0.39 is 5.24 Å². The highest BCUT2D eigenvalue weighted by atomic mass is 32.2. The van der Waals surface area contributed by atoms with E-state index in [2.05, 4.69) is 5.32 Å². The lowest BCUT2D eigenvalue weighted by Crippen LogP contribution is -2.15. The van der Waals surface area contributed by atoms with Crippen molar-refractivity contribution >= 4 is 51.7 Å². The standard InChI is InChI=1S/C33H33NO9S2/c1-19(20(2)45-33(37)34-18-35)21-7-10-24(11-8-21)44-14-13-42-32-30(36)29-27(41-6)16-23(38-3)17-28(29)43-31(32)22-9-12-25(39-4)26(15-22)40-5/h7-12,15-18H,13-14H2,1-6H3,(H,34,35,37)/b20-19-. The summed E-state index contributed by atoms with van der Waals surface area (Å²) in [4.78, 5) is 37.9. The van der Waals surface area contributed by atoms with Gasteiger partial charge < -0.3 is 28.1 Å². The third kappa shape index (κ3) is 7.76. The maximum Gasteiger partial charge on any atom is 0.289 e. The Morgan fingerprint density at radius 1 is 0.889 bits per heavy atom. The Hall–Kier alpha value is -4.55. The van der Waals surface area contributed by atoms with Crippen molar-refractivity contribution in [2.24, 2.45) is 0 Å². The molecule has 2 amide bonds. The fourth-order valence-electron chi connectivity index (χ4n) is 4.42. The molecule has 0 spiro atoms. The van der Waals surface area contributed by atoms with Crippen molar-refractivity contribution in [3.05, 3.63) is 75.3 Å². The number of nitrogens with one attached hydrogen (secondary N) is 1. The molecule has 1 heterocycles. The summed E-state index contributed by atoms with van der Waals surface area (Å²) in [6.07, 6.45) is 0.367. The first-order chi connectivity index (χ1) is 21.7. The van der Waals surface area contributed by atoms with Gasteiger partial charge in [0.05, 0.1) is 35.0 Å². The Morgan fingerprint density at radius 3 is 2.24 bits per heavy atom. The van der Waals surface area contributed by atoms with Gasteiger partial charge in [-0.15, -0.1) is 11.8 Å². The Bertz CT molecular complexity index is 1780. The summed E-state index contributed by atoms with van der Waals surface area (Å²) in [5.74, 6) is 2.59. The van der Waals surface area contributed by atoms with E-state index in [4.69, 9.17) is 28.1 Å². The normalized spacial score (nSPS) is 11.4. The summed E-state index contributed by atoms with van der Waals surface area (Å²) < 4.78 is 34.1. The van der Waals surface area contributed by atoms with Gasteiger partial charge in [-0.25, -0.2) is 0 Å². The third-order valence-corrected chi connectivity index (χ3v) is 8.72. The molecule has 0 saturated carbocycles. The fourth-order valence-corrected chi connectivity index (χ4v) is 5.81. The van der Waals surface area contributed by atoms with Crippen molar-refractivity contribution in [3.63, 3.8) is 0 Å². The van der Waals surface area contributed by atoms with Gasteiger partial charge in [0, 0.05) is 28.3 Å². The van der Waals surface area contributed by atoms with Crippen LogP contribution >= 0.6 is 23.5 Å². The monoisotopic (exact) mass is 651 g/mol. The predicted molar refractivity (Wildman–Crippen MR) is 177 cm³/mol. The van der Waals surface area contributed by atoms with E-state index in [1.54, 1.807) is 49.2 Å². The van der Waals surface area contributed by atoms with Crippen LogP contribution in [-0.2, 0) is 4.79 Å². The molecule has 0 bridgehead atoms. The molecule has 12 heteroatoms. The average molecular weight is 652 g/mol. The molecule has 3 aromatic carbocycles. The highest BCUT2D eigenvalue weighted by Crippen LogP contribution is 2.39. The van der Waals surface area contributed by atoms with E-state index in [9.17, 15) is 14.4 Å². The van der Waals surface area contributed by atoms with Crippen LogP contribution in [0, 0.1) is 0 Å². The molecule has 0 unspecified atom stereocenters. The number of carbonyl (C=O) groups excluding carboxylic acids is 2. The largest absolute Gasteiger partial charge is 0.496 e. The zero-order valence-electron chi connectivity index (χ0n) is 25.7. The van der Waals surface area contributed by atoms with Crippen molar-refractivity contribution in [2.45, 2.75) is 18.7 Å². The number of thioether (sulfide) groups is 2. The topological polar surface area (TPSA) is 123 Å². The molecule has 10 nitrogen and oxygen atoms in total. The van der Waals surface area contributed by atoms with Crippen LogP contribution in [0.3, 0.4) is 0 Å². The molecule has 0 fully saturated rings. The highest BCUT2D eigenvalue weighted by molar-refractivity contribution is 8.17. The van der Waals surface area contributed by atoms with Crippen LogP contribution in [0.4, 0.5) is 4.79 Å². The number of benzene rings is 3. The molecule has 1 aromatic heterocycles. The van der Waals surface area contributed by atoms with Crippen LogP contribution in [0.2, 0.25) is 0 Å². The van der Waals surface area contributed by atoms with Crippen molar-refractivity contribution in [3.8, 4) is 40.1 Å². The van der Waals surface area contributed by atoms with Gasteiger partial charge >= 0.3 is 0 Å². The Morgan fingerprint density at radius 2 is 1.60 bits per heavy atom. The average Bonchev–Trinajstić information content (AvgIpc) is 3.06. The Kier molecular flexibility index (Phi) is 11.4. The summed E-state index contributed by atoms with van der Waals surface area (Å²) in [6, 6.07) is 16.3. The third-order valence-electron chi connectivity index (χ3n) is 6.83. The van der Waals surface area contributed by atoms with Crippen LogP contribution in [0.25, 0.3) is 27.9 Å². The van der Waals surface area contributed by atoms with Gasteiger partial charge in [0.1, 0.15) is 22.5 Å². The van der Waals surface area contributed by atoms with E-state index in [1.165, 1.54) is 21.3 Å². The number of amides is 2. The molecular formula is C33H33NO9S2. The SMILES string of the molecule is COc1cc(OC)c2c(=O)c(OCCSc3ccc(/C(C)=C(/C)SC(=O)NC=O)cc3)c(-c3ccc(OC)c(OC)c3)oc2c1. The maximum atomic E-state index is 13.9. The molecule has 0 saturated heterocycles. The number of imide groups is 1. The lowest BCUT2D eigenvalue weighted by molar-refractivity contribution is -0.108. The van der Waals surface area contributed by atoms with Gasteiger partial charge in [0.25, 0.3) is 5.24 Å². The first kappa shape index (κ1) is 33.3. The molecule has 0 aliphatic carbocycles. The molecule has 0 aliphatic rings.